The summed E-state index contributed by atoms with van der Waals surface area (Å²) in [6.45, 7) is 3.08. The topological polar surface area (TPSA) is 168 Å². The maximum absolute atomic E-state index is 15.2. The lowest BCUT2D eigenvalue weighted by Gasteiger charge is -2.43. The van der Waals surface area contributed by atoms with Crippen LogP contribution in [-0.4, -0.2) is 71.1 Å². The summed E-state index contributed by atoms with van der Waals surface area (Å²) in [7, 11) is 0. The Morgan fingerprint density at radius 2 is 1.43 bits per heavy atom. The van der Waals surface area contributed by atoms with Crippen molar-refractivity contribution in [3.05, 3.63) is 32.6 Å². The fourth-order valence-electron chi connectivity index (χ4n) is 5.67. The molecule has 42 heavy (non-hydrogen) atoms. The molecule has 1 aromatic heterocycles. The molecule has 12 heteroatoms. The summed E-state index contributed by atoms with van der Waals surface area (Å²) >= 11 is 0. The van der Waals surface area contributed by atoms with Gasteiger partial charge in [0.15, 0.2) is 6.30 Å². The Kier molecular flexibility index (Phi) is 15.8. The first-order valence-corrected chi connectivity index (χ1v) is 16.0. The third-order valence-corrected chi connectivity index (χ3v) is 8.26. The molecule has 11 nitrogen and oxygen atoms in total. The van der Waals surface area contributed by atoms with Crippen LogP contribution in [0.25, 0.3) is 0 Å². The molecule has 6 N–H and O–H groups in total. The lowest BCUT2D eigenvalue weighted by molar-refractivity contribution is -0.428. The van der Waals surface area contributed by atoms with Gasteiger partial charge in [0.2, 0.25) is 5.72 Å². The maximum atomic E-state index is 15.2. The molecule has 2 heterocycles. The zero-order chi connectivity index (χ0) is 31.2. The average molecular weight is 604 g/mol. The Bertz CT molecular complexity index is 1020. The molecular formula is C30H54FN3O8. The maximum Gasteiger partial charge on any atom is 0.332 e. The van der Waals surface area contributed by atoms with Gasteiger partial charge in [-0.25, -0.2) is 13.8 Å². The molecule has 1 unspecified atom stereocenters. The number of aryl methyl sites for hydroxylation is 1. The number of aromatic amines is 1. The van der Waals surface area contributed by atoms with Gasteiger partial charge in [-0.05, 0) is 19.3 Å². The van der Waals surface area contributed by atoms with Gasteiger partial charge in [0, 0.05) is 11.8 Å². The van der Waals surface area contributed by atoms with E-state index in [1.165, 1.54) is 64.2 Å². The standard InChI is InChI=1S/C30H54FN3O8/c1-3-5-6-7-8-9-10-11-12-13-14-15-16-17-18-20-25(31)34(41)29(39)26(36)24(22-35)42-30(29,40)33-21-23(19-4-2)27(37)32-28(33)38/h21,24-26,35-36,39-41H,3-20,22H2,1-2H3,(H,32,37,38)/t24-,25?,26-,29-,30-/m1/s1. The van der Waals surface area contributed by atoms with Crippen LogP contribution >= 0.6 is 0 Å². The number of ether oxygens (including phenoxy) is 1. The fourth-order valence-corrected chi connectivity index (χ4v) is 5.67. The number of alkyl halides is 1. The van der Waals surface area contributed by atoms with Crippen molar-refractivity contribution in [2.45, 2.75) is 160 Å². The molecule has 1 aliphatic heterocycles. The highest BCUT2D eigenvalue weighted by Crippen LogP contribution is 2.44. The number of H-pyrrole nitrogens is 1. The summed E-state index contributed by atoms with van der Waals surface area (Å²) in [6.07, 6.45) is 12.2. The zero-order valence-electron chi connectivity index (χ0n) is 25.5. The third-order valence-electron chi connectivity index (χ3n) is 8.26. The number of aromatic nitrogens is 2. The normalized spacial score (nSPS) is 25.0. The van der Waals surface area contributed by atoms with Crippen molar-refractivity contribution < 1.29 is 34.8 Å². The lowest BCUT2D eigenvalue weighted by Crippen LogP contribution is -2.69. The van der Waals surface area contributed by atoms with Crippen LogP contribution in [0.15, 0.2) is 15.8 Å². The van der Waals surface area contributed by atoms with Crippen molar-refractivity contribution in [3.63, 3.8) is 0 Å². The van der Waals surface area contributed by atoms with Gasteiger partial charge in [-0.3, -0.25) is 9.78 Å². The van der Waals surface area contributed by atoms with Gasteiger partial charge in [-0.15, -0.1) is 5.06 Å². The molecule has 5 atom stereocenters. The molecule has 1 fully saturated rings. The van der Waals surface area contributed by atoms with E-state index in [-0.39, 0.29) is 23.5 Å². The van der Waals surface area contributed by atoms with Crippen LogP contribution in [0.4, 0.5) is 4.39 Å². The molecule has 0 radical (unpaired) electrons. The number of hydrogen-bond acceptors (Lipinski definition) is 9. The fraction of sp³-hybridized carbons (Fsp3) is 0.867. The largest absolute Gasteiger partial charge is 0.394 e. The van der Waals surface area contributed by atoms with Crippen LogP contribution in [0.3, 0.4) is 0 Å². The molecule has 0 amide bonds. The molecule has 2 rings (SSSR count). The quantitative estimate of drug-likeness (QED) is 0.0500. The molecule has 0 spiro atoms. The number of unbranched alkanes of at least 4 members (excludes halogenated alkanes) is 14. The molecule has 244 valence electrons. The molecule has 0 bridgehead atoms. The number of rotatable bonds is 22. The Labute approximate surface area is 248 Å². The van der Waals surface area contributed by atoms with Gasteiger partial charge < -0.3 is 30.4 Å². The minimum atomic E-state index is -3.29. The number of nitrogens with one attached hydrogen (secondary N) is 1. The first kappa shape index (κ1) is 36.5. The second kappa shape index (κ2) is 18.2. The van der Waals surface area contributed by atoms with Crippen molar-refractivity contribution in [2.24, 2.45) is 0 Å². The highest BCUT2D eigenvalue weighted by Gasteiger charge is 2.71. The van der Waals surface area contributed by atoms with Crippen LogP contribution in [0.1, 0.15) is 129 Å². The zero-order valence-corrected chi connectivity index (χ0v) is 25.5. The summed E-state index contributed by atoms with van der Waals surface area (Å²) in [6, 6.07) is 0. The first-order chi connectivity index (χ1) is 20.1. The van der Waals surface area contributed by atoms with E-state index in [0.29, 0.717) is 23.8 Å². The monoisotopic (exact) mass is 603 g/mol. The van der Waals surface area contributed by atoms with E-state index in [9.17, 15) is 35.2 Å². The van der Waals surface area contributed by atoms with Gasteiger partial charge in [0.05, 0.1) is 6.61 Å². The number of halogens is 1. The number of aliphatic hydroxyl groups excluding tert-OH is 2. The van der Waals surface area contributed by atoms with Crippen molar-refractivity contribution in [3.8, 4) is 0 Å². The highest BCUT2D eigenvalue weighted by atomic mass is 19.1. The van der Waals surface area contributed by atoms with Gasteiger partial charge in [0.1, 0.15) is 12.2 Å². The summed E-state index contributed by atoms with van der Waals surface area (Å²) < 4.78 is 20.9. The van der Waals surface area contributed by atoms with Crippen LogP contribution in [0.5, 0.6) is 0 Å². The second-order valence-electron chi connectivity index (χ2n) is 11.7. The minimum absolute atomic E-state index is 0.0532. The van der Waals surface area contributed by atoms with E-state index in [4.69, 9.17) is 4.74 Å². The summed E-state index contributed by atoms with van der Waals surface area (Å²) in [5, 5.41) is 53.5. The molecule has 0 aromatic carbocycles. The molecule has 1 aromatic rings. The van der Waals surface area contributed by atoms with Crippen molar-refractivity contribution >= 4 is 0 Å². The predicted molar refractivity (Wildman–Crippen MR) is 156 cm³/mol. The summed E-state index contributed by atoms with van der Waals surface area (Å²) in [5.41, 5.74) is -5.18. The molecule has 1 aliphatic rings. The first-order valence-electron chi connectivity index (χ1n) is 16.0. The summed E-state index contributed by atoms with van der Waals surface area (Å²) in [4.78, 5) is 26.8. The second-order valence-corrected chi connectivity index (χ2v) is 11.7. The average Bonchev–Trinajstić information content (AvgIpc) is 3.17. The van der Waals surface area contributed by atoms with E-state index in [1.54, 1.807) is 6.92 Å². The van der Waals surface area contributed by atoms with Crippen LogP contribution in [0, 0.1) is 0 Å². The van der Waals surface area contributed by atoms with Crippen molar-refractivity contribution in [1.82, 2.24) is 14.6 Å². The SMILES string of the molecule is CCCCCCCCCCCCCCCCCC(F)N(O)[C@@]1(O)[C@H](O)[C@@H](CO)O[C@@]1(O)n1cc(CCC)c(=O)[nH]c1=O. The van der Waals surface area contributed by atoms with E-state index in [0.717, 1.165) is 25.5 Å². The Morgan fingerprint density at radius 3 is 1.90 bits per heavy atom. The van der Waals surface area contributed by atoms with Gasteiger partial charge >= 0.3 is 11.6 Å². The van der Waals surface area contributed by atoms with E-state index in [1.807, 2.05) is 4.98 Å². The number of nitrogens with zero attached hydrogens (tertiary/aromatic N) is 2. The molecule has 0 aliphatic carbocycles. The lowest BCUT2D eigenvalue weighted by atomic mass is 9.99. The van der Waals surface area contributed by atoms with E-state index in [2.05, 4.69) is 6.92 Å². The molecule has 1 saturated heterocycles. The third kappa shape index (κ3) is 9.17. The van der Waals surface area contributed by atoms with E-state index < -0.39 is 48.0 Å². The van der Waals surface area contributed by atoms with Crippen LogP contribution < -0.4 is 11.2 Å². The van der Waals surface area contributed by atoms with Gasteiger partial charge in [-0.1, -0.05) is 110 Å². The van der Waals surface area contributed by atoms with Crippen LogP contribution in [0.2, 0.25) is 0 Å². The minimum Gasteiger partial charge on any atom is -0.394 e. The smallest absolute Gasteiger partial charge is 0.332 e. The van der Waals surface area contributed by atoms with E-state index >= 15 is 4.39 Å². The number of hydroxylamine groups is 2. The van der Waals surface area contributed by atoms with Crippen molar-refractivity contribution in [2.75, 3.05) is 6.61 Å². The Morgan fingerprint density at radius 1 is 0.929 bits per heavy atom. The number of aliphatic hydroxyl groups is 4. The Balaban J connectivity index is 1.87. The predicted octanol–water partition coefficient (Wildman–Crippen LogP) is 3.78. The summed E-state index contributed by atoms with van der Waals surface area (Å²) in [5.74, 6) is -3.24. The molecular weight excluding hydrogens is 549 g/mol. The highest BCUT2D eigenvalue weighted by molar-refractivity contribution is 5.10. The van der Waals surface area contributed by atoms with Gasteiger partial charge in [-0.2, -0.15) is 0 Å². The number of hydrogen-bond donors (Lipinski definition) is 6. The van der Waals surface area contributed by atoms with Crippen LogP contribution in [-0.2, 0) is 17.1 Å². The van der Waals surface area contributed by atoms with Gasteiger partial charge in [0.25, 0.3) is 5.56 Å². The van der Waals surface area contributed by atoms with Crippen molar-refractivity contribution in [1.29, 1.82) is 0 Å². The molecule has 0 saturated carbocycles. The Hall–Kier alpha value is -1.67.